The Morgan fingerprint density at radius 1 is 1.38 bits per heavy atom. The topological polar surface area (TPSA) is 66.4 Å². The van der Waals surface area contributed by atoms with Crippen molar-refractivity contribution in [3.63, 3.8) is 0 Å². The number of carbonyl (C=O) groups excluding carboxylic acids is 1. The average Bonchev–Trinajstić information content (AvgIpc) is 2.50. The molecule has 0 saturated heterocycles. The number of hydrogen-bond acceptors (Lipinski definition) is 2. The van der Waals surface area contributed by atoms with Gasteiger partial charge in [0.05, 0.1) is 5.56 Å². The minimum Gasteiger partial charge on any atom is -0.480 e. The molecule has 1 aromatic rings. The van der Waals surface area contributed by atoms with Gasteiger partial charge in [-0.25, -0.2) is 4.79 Å². The SMILES string of the molecule is C=CCCC(NC(=O)CC(C)c1cccc(C(F)(F)F)c1)C(=O)O. The van der Waals surface area contributed by atoms with E-state index in [1.54, 1.807) is 13.0 Å². The Kier molecular flexibility index (Phi) is 7.00. The van der Waals surface area contributed by atoms with Crippen molar-refractivity contribution in [2.24, 2.45) is 0 Å². The second kappa shape index (κ2) is 8.52. The largest absolute Gasteiger partial charge is 0.480 e. The van der Waals surface area contributed by atoms with Crippen LogP contribution in [0.5, 0.6) is 0 Å². The molecule has 0 spiro atoms. The molecule has 0 saturated carbocycles. The van der Waals surface area contributed by atoms with Crippen LogP contribution in [0.1, 0.15) is 43.2 Å². The third kappa shape index (κ3) is 6.06. The standard InChI is InChI=1S/C17H20F3NO3/c1-3-4-8-14(16(23)24)21-15(22)9-11(2)12-6-5-7-13(10-12)17(18,19)20/h3,5-7,10-11,14H,1,4,8-9H2,2H3,(H,21,22)(H,23,24). The summed E-state index contributed by atoms with van der Waals surface area (Å²) < 4.78 is 38.2. The Morgan fingerprint density at radius 2 is 2.04 bits per heavy atom. The van der Waals surface area contributed by atoms with Crippen LogP contribution in [0, 0.1) is 0 Å². The van der Waals surface area contributed by atoms with Crippen molar-refractivity contribution in [3.05, 3.63) is 48.0 Å². The average molecular weight is 343 g/mol. The number of rotatable bonds is 8. The summed E-state index contributed by atoms with van der Waals surface area (Å²) >= 11 is 0. The van der Waals surface area contributed by atoms with Crippen LogP contribution in [0.25, 0.3) is 0 Å². The van der Waals surface area contributed by atoms with Crippen LogP contribution in [-0.4, -0.2) is 23.0 Å². The molecule has 2 atom stereocenters. The van der Waals surface area contributed by atoms with Crippen LogP contribution in [0.15, 0.2) is 36.9 Å². The number of amides is 1. The molecule has 0 aliphatic rings. The molecule has 7 heteroatoms. The molecule has 0 fully saturated rings. The zero-order valence-corrected chi connectivity index (χ0v) is 13.3. The van der Waals surface area contributed by atoms with Gasteiger partial charge in [-0.05, 0) is 30.4 Å². The Hall–Kier alpha value is -2.31. The Bertz CT molecular complexity index is 599. The van der Waals surface area contributed by atoms with Gasteiger partial charge in [0, 0.05) is 6.42 Å². The third-order valence-corrected chi connectivity index (χ3v) is 3.57. The lowest BCUT2D eigenvalue weighted by molar-refractivity contribution is -0.142. The minimum absolute atomic E-state index is 0.0980. The van der Waals surface area contributed by atoms with Crippen molar-refractivity contribution in [3.8, 4) is 0 Å². The zero-order chi connectivity index (χ0) is 18.3. The Morgan fingerprint density at radius 3 is 2.58 bits per heavy atom. The summed E-state index contributed by atoms with van der Waals surface area (Å²) in [5.74, 6) is -2.14. The summed E-state index contributed by atoms with van der Waals surface area (Å²) in [5.41, 5.74) is -0.403. The van der Waals surface area contributed by atoms with Crippen molar-refractivity contribution >= 4 is 11.9 Å². The van der Waals surface area contributed by atoms with Gasteiger partial charge in [0.2, 0.25) is 5.91 Å². The van der Waals surface area contributed by atoms with E-state index in [9.17, 15) is 22.8 Å². The fraction of sp³-hybridized carbons (Fsp3) is 0.412. The Balaban J connectivity index is 2.73. The highest BCUT2D eigenvalue weighted by Gasteiger charge is 2.31. The highest BCUT2D eigenvalue weighted by atomic mass is 19.4. The van der Waals surface area contributed by atoms with Gasteiger partial charge in [-0.3, -0.25) is 4.79 Å². The van der Waals surface area contributed by atoms with E-state index in [1.165, 1.54) is 12.1 Å². The number of halogens is 3. The van der Waals surface area contributed by atoms with Gasteiger partial charge < -0.3 is 10.4 Å². The van der Waals surface area contributed by atoms with Gasteiger partial charge in [-0.15, -0.1) is 6.58 Å². The predicted octanol–water partition coefficient (Wildman–Crippen LogP) is 3.73. The molecule has 0 aromatic heterocycles. The van der Waals surface area contributed by atoms with Crippen molar-refractivity contribution in [2.45, 2.75) is 44.3 Å². The summed E-state index contributed by atoms with van der Waals surface area (Å²) in [5, 5.41) is 11.4. The molecule has 1 rings (SSSR count). The summed E-state index contributed by atoms with van der Waals surface area (Å²) in [7, 11) is 0. The summed E-state index contributed by atoms with van der Waals surface area (Å²) in [4.78, 5) is 23.0. The van der Waals surface area contributed by atoms with Gasteiger partial charge in [-0.1, -0.05) is 31.2 Å². The summed E-state index contributed by atoms with van der Waals surface area (Å²) in [6.45, 7) is 5.11. The highest BCUT2D eigenvalue weighted by molar-refractivity contribution is 5.83. The second-order valence-corrected chi connectivity index (χ2v) is 5.55. The molecule has 4 nitrogen and oxygen atoms in total. The molecule has 24 heavy (non-hydrogen) atoms. The molecule has 0 aliphatic carbocycles. The smallest absolute Gasteiger partial charge is 0.416 e. The molecule has 0 bridgehead atoms. The number of allylic oxidation sites excluding steroid dienone is 1. The molecule has 132 valence electrons. The molecule has 0 heterocycles. The first-order chi connectivity index (χ1) is 11.1. The van der Waals surface area contributed by atoms with Crippen molar-refractivity contribution in [1.82, 2.24) is 5.32 Å². The predicted molar refractivity (Wildman–Crippen MR) is 83.5 cm³/mol. The van der Waals surface area contributed by atoms with Crippen LogP contribution in [0.3, 0.4) is 0 Å². The number of carbonyl (C=O) groups is 2. The van der Waals surface area contributed by atoms with Crippen molar-refractivity contribution in [2.75, 3.05) is 0 Å². The zero-order valence-electron chi connectivity index (χ0n) is 13.3. The van der Waals surface area contributed by atoms with E-state index in [-0.39, 0.29) is 12.8 Å². The van der Waals surface area contributed by atoms with Crippen LogP contribution < -0.4 is 5.32 Å². The van der Waals surface area contributed by atoms with E-state index in [1.807, 2.05) is 0 Å². The highest BCUT2D eigenvalue weighted by Crippen LogP contribution is 2.31. The molecule has 2 unspecified atom stereocenters. The van der Waals surface area contributed by atoms with Crippen molar-refractivity contribution < 1.29 is 27.9 Å². The van der Waals surface area contributed by atoms with Crippen molar-refractivity contribution in [1.29, 1.82) is 0 Å². The molecule has 0 aliphatic heterocycles. The lowest BCUT2D eigenvalue weighted by Crippen LogP contribution is -2.41. The van der Waals surface area contributed by atoms with Gasteiger partial charge in [0.15, 0.2) is 0 Å². The monoisotopic (exact) mass is 343 g/mol. The van der Waals surface area contributed by atoms with Crippen LogP contribution in [0.2, 0.25) is 0 Å². The number of nitrogens with one attached hydrogen (secondary N) is 1. The molecular weight excluding hydrogens is 323 g/mol. The maximum atomic E-state index is 12.7. The second-order valence-electron chi connectivity index (χ2n) is 5.55. The van der Waals surface area contributed by atoms with Crippen LogP contribution >= 0.6 is 0 Å². The van der Waals surface area contributed by atoms with E-state index in [0.29, 0.717) is 12.0 Å². The third-order valence-electron chi connectivity index (χ3n) is 3.57. The first-order valence-corrected chi connectivity index (χ1v) is 7.45. The fourth-order valence-electron chi connectivity index (χ4n) is 2.21. The van der Waals surface area contributed by atoms with E-state index >= 15 is 0 Å². The van der Waals surface area contributed by atoms with E-state index < -0.39 is 35.6 Å². The molecule has 1 amide bonds. The van der Waals surface area contributed by atoms with Gasteiger partial charge in [-0.2, -0.15) is 13.2 Å². The summed E-state index contributed by atoms with van der Waals surface area (Å²) in [6, 6.07) is 3.73. The normalized spacial score (nSPS) is 13.8. The lowest BCUT2D eigenvalue weighted by atomic mass is 9.95. The molecule has 2 N–H and O–H groups in total. The maximum Gasteiger partial charge on any atom is 0.416 e. The fourth-order valence-corrected chi connectivity index (χ4v) is 2.21. The van der Waals surface area contributed by atoms with Gasteiger partial charge in [0.1, 0.15) is 6.04 Å². The molecule has 0 radical (unpaired) electrons. The number of benzene rings is 1. The van der Waals surface area contributed by atoms with Gasteiger partial charge >= 0.3 is 12.1 Å². The number of alkyl halides is 3. The first kappa shape index (κ1) is 19.7. The minimum atomic E-state index is -4.45. The van der Waals surface area contributed by atoms with E-state index in [4.69, 9.17) is 5.11 Å². The quantitative estimate of drug-likeness (QED) is 0.707. The lowest BCUT2D eigenvalue weighted by Gasteiger charge is -2.17. The Labute approximate surface area is 138 Å². The van der Waals surface area contributed by atoms with Crippen LogP contribution in [-0.2, 0) is 15.8 Å². The van der Waals surface area contributed by atoms with Gasteiger partial charge in [0.25, 0.3) is 0 Å². The first-order valence-electron chi connectivity index (χ1n) is 7.45. The number of carboxylic acids is 1. The molecule has 1 aromatic carbocycles. The van der Waals surface area contributed by atoms with Crippen LogP contribution in [0.4, 0.5) is 13.2 Å². The van der Waals surface area contributed by atoms with E-state index in [2.05, 4.69) is 11.9 Å². The number of carboxylic acid groups (broad SMARTS) is 1. The summed E-state index contributed by atoms with van der Waals surface area (Å²) in [6.07, 6.45) is -2.35. The van der Waals surface area contributed by atoms with E-state index in [0.717, 1.165) is 12.1 Å². The maximum absolute atomic E-state index is 12.7. The molecular formula is C17H20F3NO3. The number of hydrogen-bond donors (Lipinski definition) is 2. The number of aliphatic carboxylic acids is 1.